The number of hydrogen-bond acceptors (Lipinski definition) is 10. The first-order valence-electron chi connectivity index (χ1n) is 13.4. The SMILES string of the molecule is N#CCCN1CCN(c2nc(Nc3ccc(N4CCC5(CC4)CC5C(=O)O)cc3)c3c(=O)[nH]ncc3n2)CC1. The van der Waals surface area contributed by atoms with Crippen molar-refractivity contribution in [2.75, 3.05) is 60.9 Å². The van der Waals surface area contributed by atoms with Gasteiger partial charge in [0.25, 0.3) is 5.56 Å². The number of piperidine rings is 1. The smallest absolute Gasteiger partial charge is 0.307 e. The van der Waals surface area contributed by atoms with Crippen LogP contribution in [0.4, 0.5) is 23.1 Å². The predicted octanol–water partition coefficient (Wildman–Crippen LogP) is 2.18. The molecule has 39 heavy (non-hydrogen) atoms. The van der Waals surface area contributed by atoms with Crippen LogP contribution in [-0.2, 0) is 4.79 Å². The van der Waals surface area contributed by atoms with Gasteiger partial charge >= 0.3 is 5.97 Å². The number of fused-ring (bicyclic) bond motifs is 1. The summed E-state index contributed by atoms with van der Waals surface area (Å²) in [4.78, 5) is 40.1. The van der Waals surface area contributed by atoms with E-state index in [1.165, 1.54) is 6.20 Å². The van der Waals surface area contributed by atoms with Crippen LogP contribution in [0.1, 0.15) is 25.7 Å². The third-order valence-electron chi connectivity index (χ3n) is 8.44. The zero-order chi connectivity index (χ0) is 27.0. The molecule has 0 bridgehead atoms. The van der Waals surface area contributed by atoms with Gasteiger partial charge in [0.2, 0.25) is 5.95 Å². The molecule has 3 aliphatic rings. The van der Waals surface area contributed by atoms with Gasteiger partial charge in [-0.05, 0) is 48.9 Å². The number of piperazine rings is 1. The highest BCUT2D eigenvalue weighted by Crippen LogP contribution is 2.59. The molecule has 2 aliphatic heterocycles. The molecule has 1 unspecified atom stereocenters. The average Bonchev–Trinajstić information content (AvgIpc) is 3.66. The van der Waals surface area contributed by atoms with Gasteiger partial charge in [-0.25, -0.2) is 10.1 Å². The first kappa shape index (κ1) is 25.1. The minimum absolute atomic E-state index is 0.000792. The molecule has 3 fully saturated rings. The summed E-state index contributed by atoms with van der Waals surface area (Å²) in [7, 11) is 0. The van der Waals surface area contributed by atoms with Crippen LogP contribution in [0.2, 0.25) is 0 Å². The Morgan fingerprint density at radius 3 is 2.51 bits per heavy atom. The Morgan fingerprint density at radius 2 is 1.85 bits per heavy atom. The van der Waals surface area contributed by atoms with Crippen molar-refractivity contribution in [3.8, 4) is 6.07 Å². The quantitative estimate of drug-likeness (QED) is 0.412. The van der Waals surface area contributed by atoms with E-state index in [1.807, 2.05) is 24.3 Å². The molecule has 1 atom stereocenters. The van der Waals surface area contributed by atoms with E-state index in [0.717, 1.165) is 76.5 Å². The molecule has 202 valence electrons. The molecular weight excluding hydrogens is 498 g/mol. The first-order valence-corrected chi connectivity index (χ1v) is 13.4. The number of nitrogens with zero attached hydrogens (tertiary/aromatic N) is 7. The largest absolute Gasteiger partial charge is 0.481 e. The van der Waals surface area contributed by atoms with Crippen LogP contribution in [0, 0.1) is 22.7 Å². The molecule has 4 heterocycles. The van der Waals surface area contributed by atoms with Crippen molar-refractivity contribution in [1.29, 1.82) is 5.26 Å². The Kier molecular flexibility index (Phi) is 6.52. The summed E-state index contributed by atoms with van der Waals surface area (Å²) in [5, 5.41) is 28.3. The number of aromatic nitrogens is 4. The molecule has 0 amide bonds. The second kappa shape index (κ2) is 10.1. The van der Waals surface area contributed by atoms with Gasteiger partial charge in [0.1, 0.15) is 16.7 Å². The molecule has 2 aromatic heterocycles. The van der Waals surface area contributed by atoms with Crippen molar-refractivity contribution in [1.82, 2.24) is 25.1 Å². The van der Waals surface area contributed by atoms with Crippen LogP contribution < -0.4 is 20.7 Å². The third kappa shape index (κ3) is 4.97. The fraction of sp³-hybridized carbons (Fsp3) is 0.481. The molecule has 6 rings (SSSR count). The molecule has 3 N–H and O–H groups in total. The molecule has 1 saturated carbocycles. The van der Waals surface area contributed by atoms with Crippen molar-refractivity contribution in [3.05, 3.63) is 40.8 Å². The lowest BCUT2D eigenvalue weighted by Crippen LogP contribution is -2.47. The molecule has 12 heteroatoms. The Hall–Kier alpha value is -4.24. The second-order valence-corrected chi connectivity index (χ2v) is 10.7. The highest BCUT2D eigenvalue weighted by molar-refractivity contribution is 5.90. The molecule has 1 aliphatic carbocycles. The van der Waals surface area contributed by atoms with Crippen molar-refractivity contribution in [3.63, 3.8) is 0 Å². The zero-order valence-corrected chi connectivity index (χ0v) is 21.6. The van der Waals surface area contributed by atoms with Crippen molar-refractivity contribution < 1.29 is 9.90 Å². The van der Waals surface area contributed by atoms with Crippen LogP contribution >= 0.6 is 0 Å². The summed E-state index contributed by atoms with van der Waals surface area (Å²) < 4.78 is 0. The monoisotopic (exact) mass is 529 g/mol. The molecule has 1 spiro atoms. The van der Waals surface area contributed by atoms with Crippen LogP contribution in [0.15, 0.2) is 35.3 Å². The fourth-order valence-electron chi connectivity index (χ4n) is 5.95. The summed E-state index contributed by atoms with van der Waals surface area (Å²) in [5.74, 6) is 0.124. The minimum atomic E-state index is -0.660. The normalized spacial score (nSPS) is 20.6. The highest BCUT2D eigenvalue weighted by atomic mass is 16.4. The summed E-state index contributed by atoms with van der Waals surface area (Å²) in [5.41, 5.74) is 2.00. The van der Waals surface area contributed by atoms with Crippen LogP contribution in [-0.4, -0.2) is 82.0 Å². The van der Waals surface area contributed by atoms with Gasteiger partial charge in [-0.15, -0.1) is 0 Å². The van der Waals surface area contributed by atoms with Crippen LogP contribution in [0.25, 0.3) is 10.9 Å². The maximum absolute atomic E-state index is 12.7. The molecule has 3 aromatic rings. The number of anilines is 4. The number of carbonyl (C=O) groups is 1. The van der Waals surface area contributed by atoms with Crippen molar-refractivity contribution >= 4 is 40.0 Å². The second-order valence-electron chi connectivity index (χ2n) is 10.7. The van der Waals surface area contributed by atoms with E-state index in [1.54, 1.807) is 0 Å². The Morgan fingerprint density at radius 1 is 1.10 bits per heavy atom. The number of benzene rings is 1. The van der Waals surface area contributed by atoms with Crippen LogP contribution in [0.5, 0.6) is 0 Å². The van der Waals surface area contributed by atoms with E-state index in [4.69, 9.17) is 10.2 Å². The lowest BCUT2D eigenvalue weighted by Gasteiger charge is -2.34. The number of hydrogen-bond donors (Lipinski definition) is 3. The van der Waals surface area contributed by atoms with E-state index in [0.29, 0.717) is 29.1 Å². The van der Waals surface area contributed by atoms with E-state index < -0.39 is 5.97 Å². The average molecular weight is 530 g/mol. The maximum atomic E-state index is 12.7. The Labute approximate surface area is 225 Å². The molecule has 0 radical (unpaired) electrons. The van der Waals surface area contributed by atoms with Gasteiger partial charge in [0, 0.05) is 63.6 Å². The lowest BCUT2D eigenvalue weighted by molar-refractivity contribution is -0.139. The van der Waals surface area contributed by atoms with Gasteiger partial charge in [-0.2, -0.15) is 15.3 Å². The number of aliphatic carboxylic acids is 1. The first-order chi connectivity index (χ1) is 19.0. The van der Waals surface area contributed by atoms with E-state index in [9.17, 15) is 14.7 Å². The standard InChI is InChI=1S/C27H31N9O3/c28-8-1-9-34-12-14-36(15-13-34)26-31-21-17-29-33-24(37)22(21)23(32-26)30-18-2-4-19(5-3-18)35-10-6-27(7-11-35)16-20(27)25(38)39/h2-5,17,20H,1,6-7,9-16H2,(H,33,37)(H,38,39)(H,30,31,32). The van der Waals surface area contributed by atoms with E-state index >= 15 is 0 Å². The predicted molar refractivity (Wildman–Crippen MR) is 146 cm³/mol. The lowest BCUT2D eigenvalue weighted by atomic mass is 9.90. The fourth-order valence-corrected chi connectivity index (χ4v) is 5.95. The third-order valence-corrected chi connectivity index (χ3v) is 8.44. The van der Waals surface area contributed by atoms with Gasteiger partial charge in [0.15, 0.2) is 0 Å². The maximum Gasteiger partial charge on any atom is 0.307 e. The van der Waals surface area contributed by atoms with Crippen LogP contribution in [0.3, 0.4) is 0 Å². The minimum Gasteiger partial charge on any atom is -0.481 e. The van der Waals surface area contributed by atoms with Crippen molar-refractivity contribution in [2.45, 2.75) is 25.7 Å². The molecule has 1 aromatic carbocycles. The number of aromatic amines is 1. The van der Waals surface area contributed by atoms with Gasteiger partial charge in [-0.1, -0.05) is 0 Å². The number of nitriles is 1. The number of carboxylic acid groups (broad SMARTS) is 1. The van der Waals surface area contributed by atoms with Gasteiger partial charge in [0.05, 0.1) is 18.2 Å². The molecule has 12 nitrogen and oxygen atoms in total. The Bertz CT molecular complexity index is 1470. The zero-order valence-electron chi connectivity index (χ0n) is 21.6. The number of rotatable bonds is 7. The van der Waals surface area contributed by atoms with Gasteiger partial charge < -0.3 is 20.2 Å². The number of H-pyrrole nitrogens is 1. The van der Waals surface area contributed by atoms with Crippen molar-refractivity contribution in [2.24, 2.45) is 11.3 Å². The molecular formula is C27H31N9O3. The van der Waals surface area contributed by atoms with Gasteiger partial charge in [-0.3, -0.25) is 14.5 Å². The van der Waals surface area contributed by atoms with E-state index in [-0.39, 0.29) is 16.9 Å². The summed E-state index contributed by atoms with van der Waals surface area (Å²) in [6.07, 6.45) is 4.67. The summed E-state index contributed by atoms with van der Waals surface area (Å²) >= 11 is 0. The summed E-state index contributed by atoms with van der Waals surface area (Å²) in [6.45, 7) is 5.54. The van der Waals surface area contributed by atoms with E-state index in [2.05, 4.69) is 41.3 Å². The topological polar surface area (TPSA) is 154 Å². The Balaban J connectivity index is 1.18. The molecule has 2 saturated heterocycles. The number of nitrogens with one attached hydrogen (secondary N) is 2. The summed E-state index contributed by atoms with van der Waals surface area (Å²) in [6, 6.07) is 10.2. The highest BCUT2D eigenvalue weighted by Gasteiger charge is 2.58. The number of carboxylic acids is 1.